The Balaban J connectivity index is 1.55. The molecule has 2 aliphatic rings. The minimum atomic E-state index is -0.155. The van der Waals surface area contributed by atoms with Gasteiger partial charge in [0, 0.05) is 42.7 Å². The van der Waals surface area contributed by atoms with E-state index < -0.39 is 0 Å². The lowest BCUT2D eigenvalue weighted by molar-refractivity contribution is -0.133. The first-order valence-electron chi connectivity index (χ1n) is 9.10. The Labute approximate surface area is 159 Å². The van der Waals surface area contributed by atoms with Crippen LogP contribution in [0, 0.1) is 5.92 Å². The fourth-order valence-electron chi connectivity index (χ4n) is 3.37. The highest BCUT2D eigenvalue weighted by Crippen LogP contribution is 2.32. The van der Waals surface area contributed by atoms with Gasteiger partial charge in [-0.05, 0) is 43.9 Å². The minimum absolute atomic E-state index is 0.00246. The molecule has 2 fully saturated rings. The maximum absolute atomic E-state index is 12.6. The normalized spacial score (nSPS) is 19.8. The second-order valence-corrected chi connectivity index (χ2v) is 7.60. The van der Waals surface area contributed by atoms with Crippen LogP contribution in [-0.4, -0.2) is 55.0 Å². The molecule has 6 nitrogen and oxygen atoms in total. The van der Waals surface area contributed by atoms with Crippen molar-refractivity contribution in [1.29, 1.82) is 0 Å². The molecule has 1 aromatic rings. The Morgan fingerprint density at radius 1 is 1.35 bits per heavy atom. The number of hydrogen-bond acceptors (Lipinski definition) is 3. The van der Waals surface area contributed by atoms with Gasteiger partial charge in [-0.2, -0.15) is 0 Å². The molecule has 0 radical (unpaired) electrons. The molecule has 26 heavy (non-hydrogen) atoms. The van der Waals surface area contributed by atoms with Crippen molar-refractivity contribution in [1.82, 2.24) is 15.1 Å². The smallest absolute Gasteiger partial charge is 0.317 e. The van der Waals surface area contributed by atoms with Crippen LogP contribution in [-0.2, 0) is 11.3 Å². The average Bonchev–Trinajstić information content (AvgIpc) is 3.46. The number of likely N-dealkylation sites (tertiary alicyclic amines) is 1. The molecule has 1 saturated heterocycles. The fraction of sp³-hybridized carbons (Fsp3) is 0.579. The molecule has 1 aromatic carbocycles. The quantitative estimate of drug-likeness (QED) is 0.855. The Morgan fingerprint density at radius 3 is 2.81 bits per heavy atom. The predicted octanol–water partition coefficient (Wildman–Crippen LogP) is 2.89. The van der Waals surface area contributed by atoms with Gasteiger partial charge in [0.2, 0.25) is 5.91 Å². The number of methoxy groups -OCH3 is 1. The molecule has 3 amide bonds. The van der Waals surface area contributed by atoms with Crippen LogP contribution in [0.2, 0.25) is 5.02 Å². The number of benzene rings is 1. The summed E-state index contributed by atoms with van der Waals surface area (Å²) in [7, 11) is 3.34. The van der Waals surface area contributed by atoms with Gasteiger partial charge in [-0.1, -0.05) is 11.6 Å². The Kier molecular flexibility index (Phi) is 5.91. The number of hydrogen-bond donors (Lipinski definition) is 1. The summed E-state index contributed by atoms with van der Waals surface area (Å²) in [6.45, 7) is 1.81. The number of carbonyl (C=O) groups excluding carboxylic acids is 2. The number of amides is 3. The highest BCUT2D eigenvalue weighted by atomic mass is 35.5. The Morgan fingerprint density at radius 2 is 2.12 bits per heavy atom. The molecule has 0 bridgehead atoms. The molecule has 3 rings (SSSR count). The summed E-state index contributed by atoms with van der Waals surface area (Å²) < 4.78 is 5.34. The molecular formula is C19H26ClN3O3. The summed E-state index contributed by atoms with van der Waals surface area (Å²) in [5.41, 5.74) is 0.854. The molecule has 0 unspecified atom stereocenters. The van der Waals surface area contributed by atoms with Crippen LogP contribution in [0.5, 0.6) is 5.75 Å². The number of halogens is 1. The fourth-order valence-corrected chi connectivity index (χ4v) is 3.56. The van der Waals surface area contributed by atoms with Crippen molar-refractivity contribution >= 4 is 23.5 Å². The molecular weight excluding hydrogens is 354 g/mol. The summed E-state index contributed by atoms with van der Waals surface area (Å²) in [5, 5.41) is 3.66. The number of ether oxygens (including phenoxy) is 1. The number of piperidine rings is 1. The van der Waals surface area contributed by atoms with E-state index in [-0.39, 0.29) is 23.9 Å². The van der Waals surface area contributed by atoms with Gasteiger partial charge in [0.25, 0.3) is 0 Å². The zero-order chi connectivity index (χ0) is 18.7. The van der Waals surface area contributed by atoms with E-state index in [1.54, 1.807) is 37.3 Å². The first kappa shape index (κ1) is 18.8. The first-order chi connectivity index (χ1) is 12.5. The van der Waals surface area contributed by atoms with E-state index in [9.17, 15) is 9.59 Å². The summed E-state index contributed by atoms with van der Waals surface area (Å²) in [4.78, 5) is 28.3. The number of nitrogens with one attached hydrogen (secondary N) is 1. The lowest BCUT2D eigenvalue weighted by Gasteiger charge is -2.34. The Hall–Kier alpha value is -1.95. The van der Waals surface area contributed by atoms with Gasteiger partial charge in [-0.25, -0.2) is 4.79 Å². The minimum Gasteiger partial charge on any atom is -0.496 e. The number of rotatable bonds is 5. The maximum Gasteiger partial charge on any atom is 0.317 e. The molecule has 1 heterocycles. The standard InChI is InChI=1S/C19H26ClN3O3/c1-22(11-14-10-15(20)7-8-17(14)26-2)19(25)21-16-4-3-9-23(12-16)18(24)13-5-6-13/h7-8,10,13,16H,3-6,9,11-12H2,1-2H3,(H,21,25)/t16-/m1/s1. The third-order valence-electron chi connectivity index (χ3n) is 4.98. The van der Waals surface area contributed by atoms with E-state index in [4.69, 9.17) is 16.3 Å². The average molecular weight is 380 g/mol. The van der Waals surface area contributed by atoms with Gasteiger partial charge in [-0.15, -0.1) is 0 Å². The van der Waals surface area contributed by atoms with E-state index in [1.807, 2.05) is 4.90 Å². The van der Waals surface area contributed by atoms with Crippen LogP contribution >= 0.6 is 11.6 Å². The van der Waals surface area contributed by atoms with E-state index >= 15 is 0 Å². The van der Waals surface area contributed by atoms with Crippen molar-refractivity contribution < 1.29 is 14.3 Å². The number of nitrogens with zero attached hydrogens (tertiary/aromatic N) is 2. The summed E-state index contributed by atoms with van der Waals surface area (Å²) in [6, 6.07) is 5.21. The van der Waals surface area contributed by atoms with Crippen molar-refractivity contribution in [2.45, 2.75) is 38.3 Å². The van der Waals surface area contributed by atoms with Crippen LogP contribution in [0.25, 0.3) is 0 Å². The molecule has 1 atom stereocenters. The third kappa shape index (κ3) is 4.61. The first-order valence-corrected chi connectivity index (χ1v) is 9.48. The highest BCUT2D eigenvalue weighted by molar-refractivity contribution is 6.30. The van der Waals surface area contributed by atoms with Crippen molar-refractivity contribution in [3.8, 4) is 5.75 Å². The molecule has 0 spiro atoms. The summed E-state index contributed by atoms with van der Waals surface area (Å²) in [6.07, 6.45) is 3.84. The molecule has 142 valence electrons. The van der Waals surface area contributed by atoms with E-state index in [0.717, 1.165) is 37.8 Å². The summed E-state index contributed by atoms with van der Waals surface area (Å²) >= 11 is 6.06. The zero-order valence-electron chi connectivity index (χ0n) is 15.3. The van der Waals surface area contributed by atoms with Crippen molar-refractivity contribution in [2.24, 2.45) is 5.92 Å². The van der Waals surface area contributed by atoms with Gasteiger partial charge < -0.3 is 19.9 Å². The lowest BCUT2D eigenvalue weighted by Crippen LogP contribution is -2.52. The van der Waals surface area contributed by atoms with Crippen molar-refractivity contribution in [2.75, 3.05) is 27.2 Å². The maximum atomic E-state index is 12.6. The molecule has 7 heteroatoms. The molecule has 1 saturated carbocycles. The van der Waals surface area contributed by atoms with Gasteiger partial charge in [0.15, 0.2) is 0 Å². The molecule has 0 aromatic heterocycles. The van der Waals surface area contributed by atoms with E-state index in [1.165, 1.54) is 0 Å². The van der Waals surface area contributed by atoms with Crippen molar-refractivity contribution in [3.05, 3.63) is 28.8 Å². The second kappa shape index (κ2) is 8.16. The van der Waals surface area contributed by atoms with Gasteiger partial charge in [0.1, 0.15) is 5.75 Å². The van der Waals surface area contributed by atoms with Crippen molar-refractivity contribution in [3.63, 3.8) is 0 Å². The van der Waals surface area contributed by atoms with Crippen LogP contribution in [0.4, 0.5) is 4.79 Å². The monoisotopic (exact) mass is 379 g/mol. The lowest BCUT2D eigenvalue weighted by atomic mass is 10.1. The SMILES string of the molecule is COc1ccc(Cl)cc1CN(C)C(=O)N[C@@H]1CCCN(C(=O)C2CC2)C1. The van der Waals surface area contributed by atoms with Gasteiger partial charge in [-0.3, -0.25) is 4.79 Å². The zero-order valence-corrected chi connectivity index (χ0v) is 16.1. The third-order valence-corrected chi connectivity index (χ3v) is 5.22. The van der Waals surface area contributed by atoms with Crippen LogP contribution in [0.15, 0.2) is 18.2 Å². The van der Waals surface area contributed by atoms with Crippen LogP contribution < -0.4 is 10.1 Å². The largest absolute Gasteiger partial charge is 0.496 e. The molecule has 1 aliphatic carbocycles. The second-order valence-electron chi connectivity index (χ2n) is 7.16. The topological polar surface area (TPSA) is 61.9 Å². The Bertz CT molecular complexity index is 678. The van der Waals surface area contributed by atoms with Crippen LogP contribution in [0.3, 0.4) is 0 Å². The van der Waals surface area contributed by atoms with E-state index in [2.05, 4.69) is 5.32 Å². The van der Waals surface area contributed by atoms with Crippen LogP contribution in [0.1, 0.15) is 31.2 Å². The summed E-state index contributed by atoms with van der Waals surface area (Å²) in [5.74, 6) is 1.18. The number of urea groups is 1. The molecule has 1 aliphatic heterocycles. The highest BCUT2D eigenvalue weighted by Gasteiger charge is 2.35. The predicted molar refractivity (Wildman–Crippen MR) is 100 cm³/mol. The van der Waals surface area contributed by atoms with Gasteiger partial charge >= 0.3 is 6.03 Å². The van der Waals surface area contributed by atoms with Gasteiger partial charge in [0.05, 0.1) is 13.7 Å². The molecule has 1 N–H and O–H groups in total. The van der Waals surface area contributed by atoms with E-state index in [0.29, 0.717) is 23.9 Å². The number of carbonyl (C=O) groups is 2.